The fraction of sp³-hybridized carbons (Fsp3) is 0.389. The van der Waals surface area contributed by atoms with Gasteiger partial charge in [-0.3, -0.25) is 4.79 Å². The Bertz CT molecular complexity index is 910. The van der Waals surface area contributed by atoms with Gasteiger partial charge in [-0.15, -0.1) is 12.4 Å². The summed E-state index contributed by atoms with van der Waals surface area (Å²) in [6, 6.07) is 8.90. The smallest absolute Gasteiger partial charge is 0.245 e. The molecule has 1 fully saturated rings. The zero-order chi connectivity index (χ0) is 18.8. The summed E-state index contributed by atoms with van der Waals surface area (Å²) in [7, 11) is -3.53. The Balaban J connectivity index is 0.00000261. The van der Waals surface area contributed by atoms with Gasteiger partial charge < -0.3 is 10.6 Å². The molecule has 0 bridgehead atoms. The molecule has 27 heavy (non-hydrogen) atoms. The van der Waals surface area contributed by atoms with Gasteiger partial charge in [0.25, 0.3) is 0 Å². The average Bonchev–Trinajstić information content (AvgIpc) is 2.62. The van der Waals surface area contributed by atoms with Gasteiger partial charge in [-0.25, -0.2) is 18.4 Å². The maximum absolute atomic E-state index is 12.8. The molecule has 0 saturated carbocycles. The first kappa shape index (κ1) is 21.3. The van der Waals surface area contributed by atoms with Crippen molar-refractivity contribution in [2.75, 3.05) is 24.7 Å². The molecule has 1 aliphatic rings. The number of rotatable bonds is 4. The van der Waals surface area contributed by atoms with E-state index in [1.807, 2.05) is 13.0 Å². The van der Waals surface area contributed by atoms with Gasteiger partial charge >= 0.3 is 0 Å². The lowest BCUT2D eigenvalue weighted by atomic mass is 9.95. The second-order valence-corrected chi connectivity index (χ2v) is 8.90. The molecule has 1 saturated heterocycles. The van der Waals surface area contributed by atoms with Crippen molar-refractivity contribution in [1.29, 1.82) is 0 Å². The van der Waals surface area contributed by atoms with Crippen molar-refractivity contribution in [2.45, 2.75) is 24.5 Å². The number of piperidine rings is 1. The summed E-state index contributed by atoms with van der Waals surface area (Å²) in [5.41, 5.74) is 2.24. The second-order valence-electron chi connectivity index (χ2n) is 6.57. The Labute approximate surface area is 165 Å². The molecule has 1 aliphatic heterocycles. The van der Waals surface area contributed by atoms with Crippen LogP contribution in [0.15, 0.2) is 36.5 Å². The molecular weight excluding hydrogens is 388 g/mol. The molecule has 9 heteroatoms. The molecule has 3 rings (SSSR count). The lowest BCUT2D eigenvalue weighted by molar-refractivity contribution is -0.119. The maximum atomic E-state index is 12.8. The third-order valence-electron chi connectivity index (χ3n) is 4.73. The zero-order valence-electron chi connectivity index (χ0n) is 15.2. The van der Waals surface area contributed by atoms with E-state index < -0.39 is 20.5 Å². The lowest BCUT2D eigenvalue weighted by Gasteiger charge is -2.34. The summed E-state index contributed by atoms with van der Waals surface area (Å²) in [6.45, 7) is 2.90. The first-order chi connectivity index (χ1) is 12.3. The number of sulfone groups is 1. The number of hydrogen-bond acceptors (Lipinski definition) is 6. The largest absolute Gasteiger partial charge is 0.325 e. The molecule has 1 amide bonds. The van der Waals surface area contributed by atoms with Gasteiger partial charge in [-0.05, 0) is 63.2 Å². The monoisotopic (exact) mass is 410 g/mol. The third kappa shape index (κ3) is 4.45. The zero-order valence-corrected chi connectivity index (χ0v) is 16.9. The quantitative estimate of drug-likeness (QED) is 0.799. The van der Waals surface area contributed by atoms with Crippen LogP contribution in [0.4, 0.5) is 5.69 Å². The van der Waals surface area contributed by atoms with Gasteiger partial charge in [0, 0.05) is 29.4 Å². The average molecular weight is 411 g/mol. The normalized spacial score (nSPS) is 16.2. The first-order valence-corrected chi connectivity index (χ1v) is 10.3. The molecule has 0 unspecified atom stereocenters. The summed E-state index contributed by atoms with van der Waals surface area (Å²) >= 11 is 0. The summed E-state index contributed by atoms with van der Waals surface area (Å²) < 4.78 is 23.2. The van der Waals surface area contributed by atoms with Crippen molar-refractivity contribution >= 4 is 33.8 Å². The highest BCUT2D eigenvalue weighted by Gasteiger charge is 2.48. The summed E-state index contributed by atoms with van der Waals surface area (Å²) in [5.74, 6) is 0.134. The van der Waals surface area contributed by atoms with Crippen molar-refractivity contribution in [3.8, 4) is 11.4 Å². The number of aromatic nitrogens is 2. The van der Waals surface area contributed by atoms with Crippen LogP contribution in [0.1, 0.15) is 18.5 Å². The van der Waals surface area contributed by atoms with Crippen LogP contribution in [0.5, 0.6) is 0 Å². The highest BCUT2D eigenvalue weighted by Crippen LogP contribution is 2.29. The van der Waals surface area contributed by atoms with Crippen LogP contribution in [0, 0.1) is 6.92 Å². The van der Waals surface area contributed by atoms with E-state index in [4.69, 9.17) is 0 Å². The van der Waals surface area contributed by atoms with E-state index >= 15 is 0 Å². The predicted octanol–water partition coefficient (Wildman–Crippen LogP) is 1.98. The topological polar surface area (TPSA) is 101 Å². The van der Waals surface area contributed by atoms with Crippen LogP contribution in [-0.2, 0) is 14.6 Å². The number of amides is 1. The number of nitrogens with zero attached hydrogens (tertiary/aromatic N) is 2. The molecule has 0 spiro atoms. The Hall–Kier alpha value is -2.03. The molecule has 1 aromatic carbocycles. The van der Waals surface area contributed by atoms with E-state index in [-0.39, 0.29) is 25.2 Å². The lowest BCUT2D eigenvalue weighted by Crippen LogP contribution is -2.55. The fourth-order valence-electron chi connectivity index (χ4n) is 3.13. The predicted molar refractivity (Wildman–Crippen MR) is 108 cm³/mol. The molecule has 1 aromatic heterocycles. The molecule has 0 atom stereocenters. The number of carbonyl (C=O) groups is 1. The molecule has 7 nitrogen and oxygen atoms in total. The van der Waals surface area contributed by atoms with E-state index in [1.165, 1.54) is 0 Å². The Morgan fingerprint density at radius 2 is 1.78 bits per heavy atom. The van der Waals surface area contributed by atoms with E-state index in [0.29, 0.717) is 24.6 Å². The number of benzene rings is 1. The summed E-state index contributed by atoms with van der Waals surface area (Å²) in [5, 5.41) is 5.86. The Morgan fingerprint density at radius 1 is 1.15 bits per heavy atom. The number of hydrogen-bond donors (Lipinski definition) is 2. The Morgan fingerprint density at radius 3 is 2.33 bits per heavy atom. The van der Waals surface area contributed by atoms with Crippen molar-refractivity contribution in [3.05, 3.63) is 42.2 Å². The third-order valence-corrected chi connectivity index (χ3v) is 6.74. The number of halogens is 1. The number of aryl methyl sites for hydroxylation is 1. The van der Waals surface area contributed by atoms with Gasteiger partial charge in [0.05, 0.1) is 0 Å². The minimum atomic E-state index is -3.53. The Kier molecular flexibility index (Phi) is 6.56. The first-order valence-electron chi connectivity index (χ1n) is 8.44. The highest BCUT2D eigenvalue weighted by molar-refractivity contribution is 7.92. The van der Waals surface area contributed by atoms with Crippen LogP contribution in [-0.4, -0.2) is 48.4 Å². The van der Waals surface area contributed by atoms with Gasteiger partial charge in [0.15, 0.2) is 20.4 Å². The van der Waals surface area contributed by atoms with Crippen molar-refractivity contribution < 1.29 is 13.2 Å². The van der Waals surface area contributed by atoms with Crippen LogP contribution >= 0.6 is 12.4 Å². The van der Waals surface area contributed by atoms with Crippen LogP contribution < -0.4 is 10.6 Å². The van der Waals surface area contributed by atoms with Crippen molar-refractivity contribution in [3.63, 3.8) is 0 Å². The van der Waals surface area contributed by atoms with E-state index in [9.17, 15) is 13.2 Å². The standard InChI is InChI=1S/C18H22N4O3S.ClH/c1-13-7-10-20-16(21-13)14-3-5-15(6-4-14)22-17(23)18(26(2,24)25)8-11-19-12-9-18;/h3-7,10,19H,8-9,11-12H2,1-2H3,(H,22,23);1H. The van der Waals surface area contributed by atoms with Crippen LogP contribution in [0.2, 0.25) is 0 Å². The molecule has 0 radical (unpaired) electrons. The van der Waals surface area contributed by atoms with E-state index in [1.54, 1.807) is 30.5 Å². The number of nitrogens with one attached hydrogen (secondary N) is 2. The summed E-state index contributed by atoms with van der Waals surface area (Å²) in [4.78, 5) is 21.4. The number of anilines is 1. The fourth-order valence-corrected chi connectivity index (χ4v) is 4.47. The van der Waals surface area contributed by atoms with Gasteiger partial charge in [-0.2, -0.15) is 0 Å². The van der Waals surface area contributed by atoms with Gasteiger partial charge in [0.1, 0.15) is 0 Å². The van der Waals surface area contributed by atoms with E-state index in [0.717, 1.165) is 17.5 Å². The van der Waals surface area contributed by atoms with Crippen LogP contribution in [0.3, 0.4) is 0 Å². The molecule has 2 N–H and O–H groups in total. The van der Waals surface area contributed by atoms with Crippen molar-refractivity contribution in [1.82, 2.24) is 15.3 Å². The maximum Gasteiger partial charge on any atom is 0.245 e. The highest BCUT2D eigenvalue weighted by atomic mass is 35.5. The molecular formula is C18H23ClN4O3S. The van der Waals surface area contributed by atoms with E-state index in [2.05, 4.69) is 20.6 Å². The molecule has 0 aliphatic carbocycles. The molecule has 146 valence electrons. The SMILES string of the molecule is Cc1ccnc(-c2ccc(NC(=O)C3(S(C)(=O)=O)CCNCC3)cc2)n1.Cl. The second kappa shape index (κ2) is 8.33. The van der Waals surface area contributed by atoms with Crippen molar-refractivity contribution in [2.24, 2.45) is 0 Å². The number of carbonyl (C=O) groups excluding carboxylic acids is 1. The summed E-state index contributed by atoms with van der Waals surface area (Å²) in [6.07, 6.45) is 3.37. The van der Waals surface area contributed by atoms with Gasteiger partial charge in [-0.1, -0.05) is 0 Å². The molecule has 2 aromatic rings. The van der Waals surface area contributed by atoms with Crippen LogP contribution in [0.25, 0.3) is 11.4 Å². The minimum absolute atomic E-state index is 0. The van der Waals surface area contributed by atoms with Gasteiger partial charge in [0.2, 0.25) is 5.91 Å². The molecule has 2 heterocycles. The minimum Gasteiger partial charge on any atom is -0.325 e.